The first-order valence-corrected chi connectivity index (χ1v) is 11.3. The second kappa shape index (κ2) is 9.33. The van der Waals surface area contributed by atoms with Gasteiger partial charge in [0, 0.05) is 11.4 Å². The molecule has 0 bridgehead atoms. The number of aromatic amines is 1. The highest BCUT2D eigenvalue weighted by Crippen LogP contribution is 2.24. The molecule has 0 radical (unpaired) electrons. The topological polar surface area (TPSA) is 110 Å². The van der Waals surface area contributed by atoms with E-state index in [1.807, 2.05) is 0 Å². The number of fused-ring (bicyclic) bond motifs is 1. The molecule has 0 saturated carbocycles. The number of amides is 1. The maximum atomic E-state index is 13.4. The SMILES string of the molecule is Cc1cc(-n2c(=O)[nH]c3cc(N(Cc4ccc(F)cc4)C(=O)OC(C)(C)C)ccc3c2=O)ccc1N. The molecule has 8 nitrogen and oxygen atoms in total. The third-order valence-corrected chi connectivity index (χ3v) is 5.57. The molecule has 0 atom stereocenters. The summed E-state index contributed by atoms with van der Waals surface area (Å²) in [5, 5.41) is 0.263. The van der Waals surface area contributed by atoms with Crippen LogP contribution in [-0.2, 0) is 11.3 Å². The molecule has 1 heterocycles. The van der Waals surface area contributed by atoms with Crippen molar-refractivity contribution in [3.8, 4) is 5.69 Å². The number of nitrogens with zero attached hydrogens (tertiary/aromatic N) is 2. The molecular formula is C27H27FN4O4. The van der Waals surface area contributed by atoms with Crippen molar-refractivity contribution in [3.63, 3.8) is 0 Å². The number of rotatable bonds is 4. The first-order valence-electron chi connectivity index (χ1n) is 11.3. The predicted molar refractivity (Wildman–Crippen MR) is 138 cm³/mol. The average Bonchev–Trinajstić information content (AvgIpc) is 2.79. The van der Waals surface area contributed by atoms with Gasteiger partial charge in [0.05, 0.1) is 23.1 Å². The lowest BCUT2D eigenvalue weighted by Gasteiger charge is -2.27. The van der Waals surface area contributed by atoms with E-state index in [0.717, 1.165) is 10.1 Å². The van der Waals surface area contributed by atoms with Crippen LogP contribution in [0.15, 0.2) is 70.3 Å². The molecule has 9 heteroatoms. The first-order chi connectivity index (χ1) is 16.9. The Morgan fingerprint density at radius 2 is 1.75 bits per heavy atom. The molecule has 3 N–H and O–H groups in total. The number of nitrogens with one attached hydrogen (secondary N) is 1. The van der Waals surface area contributed by atoms with Crippen molar-refractivity contribution >= 4 is 28.4 Å². The van der Waals surface area contributed by atoms with Gasteiger partial charge in [-0.1, -0.05) is 12.1 Å². The number of hydrogen-bond donors (Lipinski definition) is 2. The zero-order chi connectivity index (χ0) is 26.2. The van der Waals surface area contributed by atoms with Gasteiger partial charge in [-0.05, 0) is 87.4 Å². The highest BCUT2D eigenvalue weighted by atomic mass is 19.1. The third-order valence-electron chi connectivity index (χ3n) is 5.57. The molecule has 0 aliphatic rings. The summed E-state index contributed by atoms with van der Waals surface area (Å²) in [5.41, 5.74) is 7.00. The maximum absolute atomic E-state index is 13.4. The molecule has 1 aromatic heterocycles. The monoisotopic (exact) mass is 490 g/mol. The van der Waals surface area contributed by atoms with Crippen LogP contribution in [-0.4, -0.2) is 21.2 Å². The fourth-order valence-corrected chi connectivity index (χ4v) is 3.76. The van der Waals surface area contributed by atoms with E-state index in [-0.39, 0.29) is 17.4 Å². The molecule has 0 unspecified atom stereocenters. The van der Waals surface area contributed by atoms with E-state index in [1.165, 1.54) is 17.0 Å². The van der Waals surface area contributed by atoms with Crippen molar-refractivity contribution in [2.75, 3.05) is 10.6 Å². The maximum Gasteiger partial charge on any atom is 0.415 e. The largest absolute Gasteiger partial charge is 0.443 e. The number of halogens is 1. The fourth-order valence-electron chi connectivity index (χ4n) is 3.76. The number of carbonyl (C=O) groups excluding carboxylic acids is 1. The second-order valence-electron chi connectivity index (χ2n) is 9.53. The number of carbonyl (C=O) groups is 1. The summed E-state index contributed by atoms with van der Waals surface area (Å²) in [4.78, 5) is 43.3. The van der Waals surface area contributed by atoms with E-state index in [4.69, 9.17) is 10.5 Å². The van der Waals surface area contributed by atoms with Crippen LogP contribution in [0.5, 0.6) is 0 Å². The van der Waals surface area contributed by atoms with Gasteiger partial charge in [-0.25, -0.2) is 18.5 Å². The molecule has 0 saturated heterocycles. The van der Waals surface area contributed by atoms with Crippen molar-refractivity contribution in [2.24, 2.45) is 0 Å². The van der Waals surface area contributed by atoms with E-state index in [9.17, 15) is 18.8 Å². The molecule has 0 aliphatic carbocycles. The lowest BCUT2D eigenvalue weighted by atomic mass is 10.1. The summed E-state index contributed by atoms with van der Waals surface area (Å²) in [7, 11) is 0. The first kappa shape index (κ1) is 24.7. The Balaban J connectivity index is 1.80. The Bertz CT molecular complexity index is 1570. The normalized spacial score (nSPS) is 11.5. The summed E-state index contributed by atoms with van der Waals surface area (Å²) in [6, 6.07) is 15.4. The van der Waals surface area contributed by atoms with Crippen LogP contribution in [0.3, 0.4) is 0 Å². The molecule has 0 aliphatic heterocycles. The Kier molecular flexibility index (Phi) is 6.41. The summed E-state index contributed by atoms with van der Waals surface area (Å²) in [6.07, 6.45) is -0.626. The molecule has 3 aromatic carbocycles. The Hall–Kier alpha value is -4.40. The molecule has 4 aromatic rings. The summed E-state index contributed by atoms with van der Waals surface area (Å²) < 4.78 is 20.0. The van der Waals surface area contributed by atoms with Crippen LogP contribution in [0.4, 0.5) is 20.6 Å². The van der Waals surface area contributed by atoms with Crippen LogP contribution in [0.1, 0.15) is 31.9 Å². The van der Waals surface area contributed by atoms with E-state index < -0.39 is 28.8 Å². The van der Waals surface area contributed by atoms with Gasteiger partial charge in [-0.15, -0.1) is 0 Å². The molecule has 186 valence electrons. The van der Waals surface area contributed by atoms with Crippen LogP contribution in [0.2, 0.25) is 0 Å². The fraction of sp³-hybridized carbons (Fsp3) is 0.222. The van der Waals surface area contributed by atoms with Crippen molar-refractivity contribution in [1.82, 2.24) is 9.55 Å². The number of aryl methyl sites for hydroxylation is 1. The number of ether oxygens (including phenoxy) is 1. The third kappa shape index (κ3) is 5.14. The van der Waals surface area contributed by atoms with E-state index in [1.54, 1.807) is 76.2 Å². The lowest BCUT2D eigenvalue weighted by Crippen LogP contribution is -2.37. The summed E-state index contributed by atoms with van der Waals surface area (Å²) >= 11 is 0. The number of H-pyrrole nitrogens is 1. The predicted octanol–water partition coefficient (Wildman–Crippen LogP) is 4.65. The standard InChI is InChI=1S/C27H27FN4O4/c1-16-13-20(10-12-22(16)29)32-24(33)21-11-9-19(14-23(21)30-25(32)34)31(26(35)36-27(2,3)4)15-17-5-7-18(28)8-6-17/h5-14H,15,29H2,1-4H3,(H,30,34). The number of benzene rings is 3. The molecule has 0 fully saturated rings. The lowest BCUT2D eigenvalue weighted by molar-refractivity contribution is 0.0577. The number of hydrogen-bond acceptors (Lipinski definition) is 5. The number of nitrogens with two attached hydrogens (primary N) is 1. The van der Waals surface area contributed by atoms with Gasteiger partial charge in [-0.2, -0.15) is 0 Å². The molecule has 0 spiro atoms. The molecular weight excluding hydrogens is 463 g/mol. The Morgan fingerprint density at radius 1 is 1.06 bits per heavy atom. The Labute approximate surface area is 206 Å². The van der Waals surface area contributed by atoms with Crippen LogP contribution in [0.25, 0.3) is 16.6 Å². The van der Waals surface area contributed by atoms with Crippen LogP contribution < -0.4 is 21.9 Å². The van der Waals surface area contributed by atoms with Crippen molar-refractivity contribution in [3.05, 3.63) is 98.4 Å². The summed E-state index contributed by atoms with van der Waals surface area (Å²) in [6.45, 7) is 7.13. The minimum Gasteiger partial charge on any atom is -0.443 e. The number of nitrogen functional groups attached to an aromatic ring is 1. The van der Waals surface area contributed by atoms with Crippen molar-refractivity contribution in [2.45, 2.75) is 39.8 Å². The van der Waals surface area contributed by atoms with Gasteiger partial charge in [0.2, 0.25) is 0 Å². The zero-order valence-corrected chi connectivity index (χ0v) is 20.5. The van der Waals surface area contributed by atoms with Gasteiger partial charge >= 0.3 is 11.8 Å². The highest BCUT2D eigenvalue weighted by molar-refractivity contribution is 5.91. The van der Waals surface area contributed by atoms with Gasteiger partial charge in [-0.3, -0.25) is 9.69 Å². The van der Waals surface area contributed by atoms with Gasteiger partial charge in [0.25, 0.3) is 5.56 Å². The number of aromatic nitrogens is 2. The van der Waals surface area contributed by atoms with E-state index >= 15 is 0 Å². The van der Waals surface area contributed by atoms with Crippen LogP contribution in [0, 0.1) is 12.7 Å². The second-order valence-corrected chi connectivity index (χ2v) is 9.53. The van der Waals surface area contributed by atoms with E-state index in [0.29, 0.717) is 22.6 Å². The van der Waals surface area contributed by atoms with Crippen molar-refractivity contribution in [1.29, 1.82) is 0 Å². The number of anilines is 2. The minimum absolute atomic E-state index is 0.0900. The smallest absolute Gasteiger partial charge is 0.415 e. The van der Waals surface area contributed by atoms with Crippen LogP contribution >= 0.6 is 0 Å². The Morgan fingerprint density at radius 3 is 2.39 bits per heavy atom. The molecule has 1 amide bonds. The van der Waals surface area contributed by atoms with Gasteiger partial charge in [0.1, 0.15) is 11.4 Å². The molecule has 36 heavy (non-hydrogen) atoms. The van der Waals surface area contributed by atoms with Gasteiger partial charge < -0.3 is 15.5 Å². The van der Waals surface area contributed by atoms with E-state index in [2.05, 4.69) is 4.98 Å². The quantitative estimate of drug-likeness (QED) is 0.405. The minimum atomic E-state index is -0.756. The molecule has 4 rings (SSSR count). The van der Waals surface area contributed by atoms with Crippen molar-refractivity contribution < 1.29 is 13.9 Å². The highest BCUT2D eigenvalue weighted by Gasteiger charge is 2.24. The summed E-state index contributed by atoms with van der Waals surface area (Å²) in [5.74, 6) is -0.390. The average molecular weight is 491 g/mol. The van der Waals surface area contributed by atoms with Gasteiger partial charge in [0.15, 0.2) is 0 Å². The zero-order valence-electron chi connectivity index (χ0n) is 20.5.